The lowest BCUT2D eigenvalue weighted by Gasteiger charge is -2.27. The Labute approximate surface area is 182 Å². The fourth-order valence-corrected chi connectivity index (χ4v) is 4.28. The van der Waals surface area contributed by atoms with E-state index in [-0.39, 0.29) is 17.8 Å². The van der Waals surface area contributed by atoms with E-state index < -0.39 is 0 Å². The Morgan fingerprint density at radius 2 is 1.93 bits per heavy atom. The maximum Gasteiger partial charge on any atom is 0.191 e. The van der Waals surface area contributed by atoms with Gasteiger partial charge in [-0.1, -0.05) is 41.9 Å². The first-order chi connectivity index (χ1) is 14.7. The minimum Gasteiger partial charge on any atom is -0.379 e. The largest absolute Gasteiger partial charge is 0.379 e. The summed E-state index contributed by atoms with van der Waals surface area (Å²) in [5, 5.41) is 7.30. The van der Waals surface area contributed by atoms with E-state index in [9.17, 15) is 4.39 Å². The normalized spacial score (nSPS) is 22.0. The van der Waals surface area contributed by atoms with Gasteiger partial charge in [-0.05, 0) is 29.7 Å². The van der Waals surface area contributed by atoms with Crippen LogP contribution in [0.2, 0.25) is 5.02 Å². The molecule has 0 radical (unpaired) electrons. The number of guanidine groups is 1. The van der Waals surface area contributed by atoms with Gasteiger partial charge in [-0.3, -0.25) is 9.89 Å². The highest BCUT2D eigenvalue weighted by Crippen LogP contribution is 2.44. The molecule has 2 aromatic rings. The van der Waals surface area contributed by atoms with E-state index in [4.69, 9.17) is 16.3 Å². The lowest BCUT2D eigenvalue weighted by Crippen LogP contribution is -2.39. The second-order valence-electron chi connectivity index (χ2n) is 7.81. The Balaban J connectivity index is 1.33. The van der Waals surface area contributed by atoms with Crippen LogP contribution in [-0.2, 0) is 17.8 Å². The third kappa shape index (κ3) is 5.12. The van der Waals surface area contributed by atoms with Crippen LogP contribution in [0.5, 0.6) is 0 Å². The zero-order valence-corrected chi connectivity index (χ0v) is 18.0. The molecule has 0 aromatic heterocycles. The molecule has 2 N–H and O–H groups in total. The summed E-state index contributed by atoms with van der Waals surface area (Å²) >= 11 is 6.21. The molecule has 0 bridgehead atoms. The van der Waals surface area contributed by atoms with Crippen molar-refractivity contribution < 1.29 is 9.13 Å². The topological polar surface area (TPSA) is 48.9 Å². The van der Waals surface area contributed by atoms with E-state index >= 15 is 0 Å². The summed E-state index contributed by atoms with van der Waals surface area (Å²) < 4.78 is 19.6. The Kier molecular flexibility index (Phi) is 6.87. The van der Waals surface area contributed by atoms with Gasteiger partial charge in [-0.2, -0.15) is 0 Å². The monoisotopic (exact) mass is 430 g/mol. The first kappa shape index (κ1) is 21.1. The predicted molar refractivity (Wildman–Crippen MR) is 118 cm³/mol. The molecule has 30 heavy (non-hydrogen) atoms. The molecule has 1 saturated carbocycles. The number of nitrogens with one attached hydrogen (secondary N) is 2. The smallest absolute Gasteiger partial charge is 0.191 e. The van der Waals surface area contributed by atoms with E-state index in [1.165, 1.54) is 17.2 Å². The summed E-state index contributed by atoms with van der Waals surface area (Å²) in [4.78, 5) is 6.76. The van der Waals surface area contributed by atoms with Crippen LogP contribution in [0.15, 0.2) is 47.5 Å². The van der Waals surface area contributed by atoms with E-state index in [1.807, 2.05) is 0 Å². The van der Waals surface area contributed by atoms with Gasteiger partial charge in [0.15, 0.2) is 5.96 Å². The van der Waals surface area contributed by atoms with Gasteiger partial charge >= 0.3 is 0 Å². The fraction of sp³-hybridized carbons (Fsp3) is 0.435. The van der Waals surface area contributed by atoms with Gasteiger partial charge in [0.25, 0.3) is 0 Å². The molecule has 1 aliphatic carbocycles. The third-order valence-corrected chi connectivity index (χ3v) is 6.10. The molecule has 7 heteroatoms. The molecule has 2 atom stereocenters. The summed E-state index contributed by atoms with van der Waals surface area (Å²) in [5.41, 5.74) is 3.16. The number of hydrogen-bond acceptors (Lipinski definition) is 3. The summed E-state index contributed by atoms with van der Waals surface area (Å²) in [6.45, 7) is 5.12. The molecule has 5 nitrogen and oxygen atoms in total. The molecule has 0 amide bonds. The van der Waals surface area contributed by atoms with Crippen molar-refractivity contribution in [3.63, 3.8) is 0 Å². The van der Waals surface area contributed by atoms with E-state index in [0.717, 1.165) is 45.2 Å². The Hall–Kier alpha value is -2.15. The van der Waals surface area contributed by atoms with E-state index in [0.29, 0.717) is 17.1 Å². The van der Waals surface area contributed by atoms with Crippen LogP contribution in [-0.4, -0.2) is 50.3 Å². The molecule has 2 unspecified atom stereocenters. The summed E-state index contributed by atoms with van der Waals surface area (Å²) in [7, 11) is 1.75. The number of rotatable bonds is 6. The summed E-state index contributed by atoms with van der Waals surface area (Å²) in [5.74, 6) is 0.554. The first-order valence-corrected chi connectivity index (χ1v) is 10.8. The maximum atomic E-state index is 14.2. The lowest BCUT2D eigenvalue weighted by molar-refractivity contribution is 0.0341. The molecule has 1 aliphatic heterocycles. The van der Waals surface area contributed by atoms with Crippen molar-refractivity contribution in [3.05, 3.63) is 70.0 Å². The van der Waals surface area contributed by atoms with Gasteiger partial charge in [0.1, 0.15) is 5.82 Å². The van der Waals surface area contributed by atoms with E-state index in [1.54, 1.807) is 19.2 Å². The average Bonchev–Trinajstić information content (AvgIpc) is 3.51. The van der Waals surface area contributed by atoms with E-state index in [2.05, 4.69) is 44.8 Å². The molecule has 0 spiro atoms. The summed E-state index contributed by atoms with van der Waals surface area (Å²) in [6, 6.07) is 13.5. The standard InChI is InChI=1S/C23H28ClFN4O/c1-26-23(28-21-13-18(21)22-19(24)7-4-8-20(22)25)27-14-16-5-2-3-6-17(16)15-29-9-11-30-12-10-29/h2-8,18,21H,9-15H2,1H3,(H2,26,27,28). The number of benzene rings is 2. The van der Waals surface area contributed by atoms with Gasteiger partial charge in [0.2, 0.25) is 0 Å². The molecule has 160 valence electrons. The van der Waals surface area contributed by atoms with Crippen molar-refractivity contribution in [3.8, 4) is 0 Å². The number of morpholine rings is 1. The second kappa shape index (κ2) is 9.77. The Bertz CT molecular complexity index is 880. The number of aliphatic imine (C=N–C) groups is 1. The zero-order valence-electron chi connectivity index (χ0n) is 17.2. The first-order valence-electron chi connectivity index (χ1n) is 10.4. The zero-order chi connectivity index (χ0) is 20.9. The van der Waals surface area contributed by atoms with Gasteiger partial charge in [0, 0.05) is 55.8 Å². The summed E-state index contributed by atoms with van der Waals surface area (Å²) in [6.07, 6.45) is 0.842. The van der Waals surface area contributed by atoms with Crippen molar-refractivity contribution in [2.75, 3.05) is 33.4 Å². The van der Waals surface area contributed by atoms with Gasteiger partial charge in [-0.25, -0.2) is 4.39 Å². The number of ether oxygens (including phenoxy) is 1. The quantitative estimate of drug-likeness (QED) is 0.543. The van der Waals surface area contributed by atoms with Crippen LogP contribution in [0.3, 0.4) is 0 Å². The fourth-order valence-electron chi connectivity index (χ4n) is 3.97. The van der Waals surface area contributed by atoms with Crippen LogP contribution in [0.1, 0.15) is 29.0 Å². The number of halogens is 2. The Morgan fingerprint density at radius 1 is 1.17 bits per heavy atom. The van der Waals surface area contributed by atoms with Gasteiger partial charge in [-0.15, -0.1) is 0 Å². The van der Waals surface area contributed by atoms with Crippen LogP contribution in [0.4, 0.5) is 4.39 Å². The molecule has 2 fully saturated rings. The van der Waals surface area contributed by atoms with Crippen molar-refractivity contribution in [1.29, 1.82) is 0 Å². The third-order valence-electron chi connectivity index (χ3n) is 5.77. The van der Waals surface area contributed by atoms with Crippen molar-refractivity contribution in [2.45, 2.75) is 31.5 Å². The minimum atomic E-state index is -0.239. The molecular weight excluding hydrogens is 403 g/mol. The Morgan fingerprint density at radius 3 is 2.67 bits per heavy atom. The molecule has 1 saturated heterocycles. The van der Waals surface area contributed by atoms with Crippen LogP contribution in [0.25, 0.3) is 0 Å². The highest BCUT2D eigenvalue weighted by atomic mass is 35.5. The molecule has 1 heterocycles. The van der Waals surface area contributed by atoms with Gasteiger partial charge in [0.05, 0.1) is 13.2 Å². The molecular formula is C23H28ClFN4O. The number of hydrogen-bond donors (Lipinski definition) is 2. The van der Waals surface area contributed by atoms with Gasteiger partial charge < -0.3 is 15.4 Å². The van der Waals surface area contributed by atoms with Crippen molar-refractivity contribution in [1.82, 2.24) is 15.5 Å². The minimum absolute atomic E-state index is 0.0749. The highest BCUT2D eigenvalue weighted by molar-refractivity contribution is 6.31. The maximum absolute atomic E-state index is 14.2. The average molecular weight is 431 g/mol. The van der Waals surface area contributed by atoms with Crippen molar-refractivity contribution in [2.24, 2.45) is 4.99 Å². The SMILES string of the molecule is CN=C(NCc1ccccc1CN1CCOCC1)NC1CC1c1c(F)cccc1Cl. The second-order valence-corrected chi connectivity index (χ2v) is 8.22. The molecule has 2 aromatic carbocycles. The van der Waals surface area contributed by atoms with Crippen LogP contribution >= 0.6 is 11.6 Å². The lowest BCUT2D eigenvalue weighted by atomic mass is 10.1. The van der Waals surface area contributed by atoms with Crippen molar-refractivity contribution >= 4 is 17.6 Å². The number of nitrogens with zero attached hydrogens (tertiary/aromatic N) is 2. The van der Waals surface area contributed by atoms with Crippen LogP contribution in [0, 0.1) is 5.82 Å². The van der Waals surface area contributed by atoms with Crippen LogP contribution < -0.4 is 10.6 Å². The highest BCUT2D eigenvalue weighted by Gasteiger charge is 2.41. The molecule has 4 rings (SSSR count). The predicted octanol–water partition coefficient (Wildman–Crippen LogP) is 3.53. The molecule has 2 aliphatic rings.